The van der Waals surface area contributed by atoms with Crippen LogP contribution in [0.1, 0.15) is 17.3 Å². The quantitative estimate of drug-likeness (QED) is 0.757. The molecule has 0 atom stereocenters. The number of hydrogen-bond acceptors (Lipinski definition) is 4. The van der Waals surface area contributed by atoms with E-state index < -0.39 is 0 Å². The minimum absolute atomic E-state index is 0.0878. The number of anilines is 1. The molecule has 0 saturated heterocycles. The number of benzene rings is 2. The normalized spacial score (nSPS) is 10.1. The van der Waals surface area contributed by atoms with E-state index >= 15 is 0 Å². The van der Waals surface area contributed by atoms with Crippen LogP contribution in [0.4, 0.5) is 5.69 Å². The molecule has 0 aliphatic rings. The van der Waals surface area contributed by atoms with Gasteiger partial charge in [0.05, 0.1) is 13.2 Å². The van der Waals surface area contributed by atoms with Crippen LogP contribution in [0.25, 0.3) is 0 Å². The first-order chi connectivity index (χ1) is 11.6. The van der Waals surface area contributed by atoms with Crippen LogP contribution in [0.2, 0.25) is 0 Å². The summed E-state index contributed by atoms with van der Waals surface area (Å²) in [6.07, 6.45) is 1.97. The van der Waals surface area contributed by atoms with Gasteiger partial charge >= 0.3 is 0 Å². The lowest BCUT2D eigenvalue weighted by Crippen LogP contribution is -2.32. The van der Waals surface area contributed by atoms with E-state index in [4.69, 9.17) is 4.74 Å². The van der Waals surface area contributed by atoms with E-state index in [1.54, 1.807) is 36.0 Å². The Morgan fingerprint density at radius 3 is 2.54 bits per heavy atom. The molecule has 6 heteroatoms. The SMILES string of the molecule is CCOc1ccc(C(=O)NCC(=O)Nc2cccc(SC)c2)cc1. The van der Waals surface area contributed by atoms with Gasteiger partial charge in [-0.15, -0.1) is 11.8 Å². The fourth-order valence-corrected chi connectivity index (χ4v) is 2.50. The molecule has 0 radical (unpaired) electrons. The lowest BCUT2D eigenvalue weighted by Gasteiger charge is -2.08. The van der Waals surface area contributed by atoms with Gasteiger partial charge in [0.25, 0.3) is 5.91 Å². The average molecular weight is 344 g/mol. The maximum atomic E-state index is 12.0. The fourth-order valence-electron chi connectivity index (χ4n) is 2.04. The summed E-state index contributed by atoms with van der Waals surface area (Å²) >= 11 is 1.60. The molecule has 0 aliphatic carbocycles. The molecule has 24 heavy (non-hydrogen) atoms. The lowest BCUT2D eigenvalue weighted by molar-refractivity contribution is -0.115. The molecule has 126 valence electrons. The number of hydrogen-bond donors (Lipinski definition) is 2. The van der Waals surface area contributed by atoms with Gasteiger partial charge in [0.1, 0.15) is 5.75 Å². The van der Waals surface area contributed by atoms with Gasteiger partial charge in [-0.05, 0) is 55.6 Å². The molecule has 0 aromatic heterocycles. The Kier molecular flexibility index (Phi) is 6.69. The van der Waals surface area contributed by atoms with Crippen molar-refractivity contribution in [3.8, 4) is 5.75 Å². The van der Waals surface area contributed by atoms with Gasteiger partial charge in [-0.2, -0.15) is 0 Å². The van der Waals surface area contributed by atoms with E-state index in [1.807, 2.05) is 37.4 Å². The van der Waals surface area contributed by atoms with Crippen molar-refractivity contribution in [1.29, 1.82) is 0 Å². The Morgan fingerprint density at radius 1 is 1.12 bits per heavy atom. The maximum absolute atomic E-state index is 12.0. The molecule has 0 spiro atoms. The van der Waals surface area contributed by atoms with Crippen LogP contribution >= 0.6 is 11.8 Å². The van der Waals surface area contributed by atoms with Gasteiger partial charge in [0.15, 0.2) is 0 Å². The molecule has 2 aromatic rings. The molecule has 0 heterocycles. The molecule has 0 fully saturated rings. The van der Waals surface area contributed by atoms with E-state index in [9.17, 15) is 9.59 Å². The number of nitrogens with one attached hydrogen (secondary N) is 2. The van der Waals surface area contributed by atoms with Crippen molar-refractivity contribution in [2.24, 2.45) is 0 Å². The van der Waals surface area contributed by atoms with Crippen LogP contribution in [-0.2, 0) is 4.79 Å². The molecule has 5 nitrogen and oxygen atoms in total. The fraction of sp³-hybridized carbons (Fsp3) is 0.222. The zero-order chi connectivity index (χ0) is 17.4. The second-order valence-corrected chi connectivity index (χ2v) is 5.80. The number of carbonyl (C=O) groups is 2. The van der Waals surface area contributed by atoms with E-state index in [0.717, 1.165) is 4.90 Å². The molecule has 0 saturated carbocycles. The lowest BCUT2D eigenvalue weighted by atomic mass is 10.2. The molecular formula is C18H20N2O3S. The number of ether oxygens (including phenoxy) is 1. The first-order valence-corrected chi connectivity index (χ1v) is 8.80. The van der Waals surface area contributed by atoms with E-state index in [-0.39, 0.29) is 18.4 Å². The third kappa shape index (κ3) is 5.31. The number of rotatable bonds is 7. The molecule has 2 amide bonds. The predicted octanol–water partition coefficient (Wildman–Crippen LogP) is 3.18. The maximum Gasteiger partial charge on any atom is 0.251 e. The van der Waals surface area contributed by atoms with Crippen LogP contribution < -0.4 is 15.4 Å². The largest absolute Gasteiger partial charge is 0.494 e. The second kappa shape index (κ2) is 8.98. The standard InChI is InChI=1S/C18H20N2O3S/c1-3-23-15-9-7-13(8-10-15)18(22)19-12-17(21)20-14-5-4-6-16(11-14)24-2/h4-11H,3,12H2,1-2H3,(H,19,22)(H,20,21). The Balaban J connectivity index is 1.85. The minimum atomic E-state index is -0.300. The van der Waals surface area contributed by atoms with E-state index in [1.165, 1.54) is 0 Å². The third-order valence-electron chi connectivity index (χ3n) is 3.19. The molecule has 2 rings (SSSR count). The van der Waals surface area contributed by atoms with Crippen molar-refractivity contribution in [3.05, 3.63) is 54.1 Å². The van der Waals surface area contributed by atoms with Crippen molar-refractivity contribution in [2.45, 2.75) is 11.8 Å². The van der Waals surface area contributed by atoms with Gasteiger partial charge in [-0.3, -0.25) is 9.59 Å². The number of amides is 2. The first kappa shape index (κ1) is 17.9. The Bertz CT molecular complexity index is 702. The summed E-state index contributed by atoms with van der Waals surface area (Å²) in [4.78, 5) is 25.0. The summed E-state index contributed by atoms with van der Waals surface area (Å²) in [7, 11) is 0. The van der Waals surface area contributed by atoms with Crippen molar-refractivity contribution in [1.82, 2.24) is 5.32 Å². The van der Waals surface area contributed by atoms with Gasteiger partial charge in [-0.1, -0.05) is 6.07 Å². The van der Waals surface area contributed by atoms with Crippen LogP contribution in [0.15, 0.2) is 53.4 Å². The van der Waals surface area contributed by atoms with Gasteiger partial charge in [0, 0.05) is 16.1 Å². The zero-order valence-corrected chi connectivity index (χ0v) is 14.5. The van der Waals surface area contributed by atoms with E-state index in [0.29, 0.717) is 23.6 Å². The van der Waals surface area contributed by atoms with Gasteiger partial charge < -0.3 is 15.4 Å². The molecular weight excluding hydrogens is 324 g/mol. The topological polar surface area (TPSA) is 67.4 Å². The van der Waals surface area contributed by atoms with Crippen LogP contribution in [-0.4, -0.2) is 31.2 Å². The highest BCUT2D eigenvalue weighted by atomic mass is 32.2. The predicted molar refractivity (Wildman–Crippen MR) is 96.8 cm³/mol. The molecule has 2 N–H and O–H groups in total. The highest BCUT2D eigenvalue weighted by molar-refractivity contribution is 7.98. The van der Waals surface area contributed by atoms with Crippen LogP contribution in [0, 0.1) is 0 Å². The van der Waals surface area contributed by atoms with Crippen LogP contribution in [0.3, 0.4) is 0 Å². The smallest absolute Gasteiger partial charge is 0.251 e. The molecule has 0 unspecified atom stereocenters. The average Bonchev–Trinajstić information content (AvgIpc) is 2.61. The monoisotopic (exact) mass is 344 g/mol. The summed E-state index contributed by atoms with van der Waals surface area (Å²) in [5, 5.41) is 5.36. The summed E-state index contributed by atoms with van der Waals surface area (Å²) < 4.78 is 5.33. The van der Waals surface area contributed by atoms with E-state index in [2.05, 4.69) is 10.6 Å². The summed E-state index contributed by atoms with van der Waals surface area (Å²) in [6, 6.07) is 14.3. The summed E-state index contributed by atoms with van der Waals surface area (Å²) in [5.41, 5.74) is 1.19. The molecule has 0 bridgehead atoms. The number of carbonyl (C=O) groups excluding carboxylic acids is 2. The highest BCUT2D eigenvalue weighted by Crippen LogP contribution is 2.18. The van der Waals surface area contributed by atoms with Crippen molar-refractivity contribution in [2.75, 3.05) is 24.7 Å². The second-order valence-electron chi connectivity index (χ2n) is 4.92. The van der Waals surface area contributed by atoms with Crippen molar-refractivity contribution < 1.29 is 14.3 Å². The van der Waals surface area contributed by atoms with Crippen molar-refractivity contribution >= 4 is 29.3 Å². The third-order valence-corrected chi connectivity index (χ3v) is 3.92. The van der Waals surface area contributed by atoms with Gasteiger partial charge in [0.2, 0.25) is 5.91 Å². The zero-order valence-electron chi connectivity index (χ0n) is 13.7. The first-order valence-electron chi connectivity index (χ1n) is 7.57. The summed E-state index contributed by atoms with van der Waals surface area (Å²) in [5.74, 6) is 0.138. The molecule has 2 aromatic carbocycles. The van der Waals surface area contributed by atoms with Gasteiger partial charge in [-0.25, -0.2) is 0 Å². The minimum Gasteiger partial charge on any atom is -0.494 e. The Morgan fingerprint density at radius 2 is 1.88 bits per heavy atom. The highest BCUT2D eigenvalue weighted by Gasteiger charge is 2.08. The summed E-state index contributed by atoms with van der Waals surface area (Å²) in [6.45, 7) is 2.38. The molecule has 0 aliphatic heterocycles. The Labute approximate surface area is 145 Å². The Hall–Kier alpha value is -2.47. The van der Waals surface area contributed by atoms with Crippen molar-refractivity contribution in [3.63, 3.8) is 0 Å². The van der Waals surface area contributed by atoms with Crippen LogP contribution in [0.5, 0.6) is 5.75 Å². The number of thioether (sulfide) groups is 1.